The van der Waals surface area contributed by atoms with Crippen LogP contribution in [0, 0.1) is 0 Å². The van der Waals surface area contributed by atoms with E-state index in [4.69, 9.17) is 16.4 Å². The average molecular weight is 244 g/mol. The van der Waals surface area contributed by atoms with Gasteiger partial charge in [-0.3, -0.25) is 9.63 Å². The molecule has 0 saturated heterocycles. The first-order chi connectivity index (χ1) is 7.54. The molecule has 0 fully saturated rings. The third-order valence-corrected chi connectivity index (χ3v) is 2.46. The Balaban J connectivity index is 2.65. The number of hydroxylamine groups is 2. The van der Waals surface area contributed by atoms with Gasteiger partial charge < -0.3 is 5.11 Å². The summed E-state index contributed by atoms with van der Waals surface area (Å²) in [6.45, 7) is 0. The Hall–Kier alpha value is -1.10. The molecule has 1 rings (SSSR count). The van der Waals surface area contributed by atoms with Crippen LogP contribution in [0.5, 0.6) is 0 Å². The predicted octanol–water partition coefficient (Wildman–Crippen LogP) is 1.78. The third kappa shape index (κ3) is 3.48. The summed E-state index contributed by atoms with van der Waals surface area (Å²) in [6, 6.07) is 6.79. The molecule has 0 aliphatic heterocycles. The van der Waals surface area contributed by atoms with E-state index in [2.05, 4.69) is 0 Å². The van der Waals surface area contributed by atoms with Gasteiger partial charge in [-0.25, -0.2) is 5.06 Å². The first-order valence-corrected chi connectivity index (χ1v) is 5.16. The molecular formula is C11H14ClNO3. The maximum Gasteiger partial charge on any atom is 0.248 e. The molecule has 0 aliphatic carbocycles. The van der Waals surface area contributed by atoms with Crippen LogP contribution < -0.4 is 0 Å². The van der Waals surface area contributed by atoms with E-state index >= 15 is 0 Å². The number of carbonyl (C=O) groups excluding carboxylic acids is 1. The fourth-order valence-corrected chi connectivity index (χ4v) is 1.43. The summed E-state index contributed by atoms with van der Waals surface area (Å²) in [5.41, 5.74) is 0.616. The second-order valence-corrected chi connectivity index (χ2v) is 3.79. The van der Waals surface area contributed by atoms with Gasteiger partial charge in [0.1, 0.15) is 0 Å². The van der Waals surface area contributed by atoms with Gasteiger partial charge in [0.15, 0.2) is 0 Å². The zero-order valence-corrected chi connectivity index (χ0v) is 9.94. The number of halogens is 1. The highest BCUT2D eigenvalue weighted by Gasteiger charge is 2.16. The molecule has 1 amide bonds. The number of carbonyl (C=O) groups is 1. The Labute approximate surface area is 99.3 Å². The van der Waals surface area contributed by atoms with E-state index in [9.17, 15) is 9.90 Å². The molecule has 88 valence electrons. The smallest absolute Gasteiger partial charge is 0.248 e. The monoisotopic (exact) mass is 243 g/mol. The van der Waals surface area contributed by atoms with Crippen molar-refractivity contribution in [3.8, 4) is 0 Å². The van der Waals surface area contributed by atoms with Gasteiger partial charge in [0.25, 0.3) is 0 Å². The maximum atomic E-state index is 11.5. The minimum atomic E-state index is -0.871. The van der Waals surface area contributed by atoms with Gasteiger partial charge in [-0.05, 0) is 17.7 Å². The SMILES string of the molecule is CON(C)C(=O)CC(O)c1cccc(Cl)c1. The van der Waals surface area contributed by atoms with Crippen LogP contribution in [0.1, 0.15) is 18.1 Å². The van der Waals surface area contributed by atoms with E-state index < -0.39 is 6.10 Å². The van der Waals surface area contributed by atoms with E-state index in [1.165, 1.54) is 14.2 Å². The number of hydrogen-bond acceptors (Lipinski definition) is 3. The fraction of sp³-hybridized carbons (Fsp3) is 0.364. The van der Waals surface area contributed by atoms with Crippen molar-refractivity contribution in [2.24, 2.45) is 0 Å². The van der Waals surface area contributed by atoms with Crippen LogP contribution in [0.4, 0.5) is 0 Å². The number of benzene rings is 1. The van der Waals surface area contributed by atoms with Crippen molar-refractivity contribution in [1.29, 1.82) is 0 Å². The summed E-state index contributed by atoms with van der Waals surface area (Å²) >= 11 is 5.78. The van der Waals surface area contributed by atoms with E-state index in [0.717, 1.165) is 5.06 Å². The van der Waals surface area contributed by atoms with Gasteiger partial charge in [0.2, 0.25) is 5.91 Å². The van der Waals surface area contributed by atoms with Crippen LogP contribution in [0.25, 0.3) is 0 Å². The molecule has 0 bridgehead atoms. The Kier molecular flexibility index (Phi) is 4.73. The summed E-state index contributed by atoms with van der Waals surface area (Å²) in [7, 11) is 2.89. The third-order valence-electron chi connectivity index (χ3n) is 2.23. The Bertz CT molecular complexity index is 370. The minimum Gasteiger partial charge on any atom is -0.388 e. The summed E-state index contributed by atoms with van der Waals surface area (Å²) in [5, 5.41) is 11.4. The van der Waals surface area contributed by atoms with Crippen molar-refractivity contribution in [2.45, 2.75) is 12.5 Å². The lowest BCUT2D eigenvalue weighted by molar-refractivity contribution is -0.170. The normalized spacial score (nSPS) is 12.2. The van der Waals surface area contributed by atoms with Crippen LogP contribution in [-0.4, -0.2) is 30.2 Å². The molecule has 0 aromatic heterocycles. The molecule has 0 spiro atoms. The fourth-order valence-electron chi connectivity index (χ4n) is 1.23. The van der Waals surface area contributed by atoms with E-state index in [1.54, 1.807) is 24.3 Å². The topological polar surface area (TPSA) is 49.8 Å². The molecule has 0 aliphatic rings. The Morgan fingerprint density at radius 2 is 2.31 bits per heavy atom. The van der Waals surface area contributed by atoms with Gasteiger partial charge >= 0.3 is 0 Å². The molecule has 1 N–H and O–H groups in total. The van der Waals surface area contributed by atoms with Crippen LogP contribution in [0.2, 0.25) is 5.02 Å². The molecule has 1 unspecified atom stereocenters. The van der Waals surface area contributed by atoms with Crippen LogP contribution in [0.15, 0.2) is 24.3 Å². The van der Waals surface area contributed by atoms with Crippen LogP contribution >= 0.6 is 11.6 Å². The maximum absolute atomic E-state index is 11.5. The van der Waals surface area contributed by atoms with Gasteiger partial charge in [-0.2, -0.15) is 0 Å². The number of hydrogen-bond donors (Lipinski definition) is 1. The van der Waals surface area contributed by atoms with Crippen molar-refractivity contribution in [1.82, 2.24) is 5.06 Å². The van der Waals surface area contributed by atoms with Gasteiger partial charge in [-0.1, -0.05) is 23.7 Å². The highest BCUT2D eigenvalue weighted by Crippen LogP contribution is 2.20. The molecule has 0 heterocycles. The van der Waals surface area contributed by atoms with Gasteiger partial charge in [-0.15, -0.1) is 0 Å². The number of aliphatic hydroxyl groups excluding tert-OH is 1. The first kappa shape index (κ1) is 13.0. The lowest BCUT2D eigenvalue weighted by atomic mass is 10.1. The molecule has 4 nitrogen and oxygen atoms in total. The largest absolute Gasteiger partial charge is 0.388 e. The quantitative estimate of drug-likeness (QED) is 0.821. The van der Waals surface area contributed by atoms with Crippen molar-refractivity contribution >= 4 is 17.5 Å². The lowest BCUT2D eigenvalue weighted by Gasteiger charge is -2.16. The molecule has 1 atom stereocenters. The van der Waals surface area contributed by atoms with Crippen LogP contribution in [-0.2, 0) is 9.63 Å². The zero-order chi connectivity index (χ0) is 12.1. The highest BCUT2D eigenvalue weighted by atomic mass is 35.5. The molecule has 1 aromatic carbocycles. The molecule has 5 heteroatoms. The van der Waals surface area contributed by atoms with Crippen molar-refractivity contribution in [3.05, 3.63) is 34.9 Å². The van der Waals surface area contributed by atoms with Crippen molar-refractivity contribution in [3.63, 3.8) is 0 Å². The number of rotatable bonds is 4. The Morgan fingerprint density at radius 3 is 2.88 bits per heavy atom. The van der Waals surface area contributed by atoms with E-state index in [-0.39, 0.29) is 12.3 Å². The molecule has 0 saturated carbocycles. The summed E-state index contributed by atoms with van der Waals surface area (Å²) in [6.07, 6.45) is -0.909. The second kappa shape index (κ2) is 5.84. The summed E-state index contributed by atoms with van der Waals surface area (Å²) in [4.78, 5) is 16.2. The minimum absolute atomic E-state index is 0.0370. The molecule has 1 aromatic rings. The zero-order valence-electron chi connectivity index (χ0n) is 9.18. The molecule has 0 radical (unpaired) electrons. The van der Waals surface area contributed by atoms with Crippen molar-refractivity contribution in [2.75, 3.05) is 14.2 Å². The molecule has 16 heavy (non-hydrogen) atoms. The summed E-state index contributed by atoms with van der Waals surface area (Å²) < 4.78 is 0. The second-order valence-electron chi connectivity index (χ2n) is 3.35. The predicted molar refractivity (Wildman–Crippen MR) is 60.8 cm³/mol. The standard InChI is InChI=1S/C11H14ClNO3/c1-13(16-2)11(15)7-10(14)8-4-3-5-9(12)6-8/h3-6,10,14H,7H2,1-2H3. The van der Waals surface area contributed by atoms with Gasteiger partial charge in [0, 0.05) is 12.1 Å². The van der Waals surface area contributed by atoms with E-state index in [1.807, 2.05) is 0 Å². The van der Waals surface area contributed by atoms with Gasteiger partial charge in [0.05, 0.1) is 19.6 Å². The number of aliphatic hydroxyl groups is 1. The number of amides is 1. The Morgan fingerprint density at radius 1 is 1.62 bits per heavy atom. The van der Waals surface area contributed by atoms with E-state index in [0.29, 0.717) is 10.6 Å². The van der Waals surface area contributed by atoms with Crippen molar-refractivity contribution < 1.29 is 14.7 Å². The first-order valence-electron chi connectivity index (χ1n) is 4.78. The highest BCUT2D eigenvalue weighted by molar-refractivity contribution is 6.30. The lowest BCUT2D eigenvalue weighted by Crippen LogP contribution is -2.26. The summed E-state index contributed by atoms with van der Waals surface area (Å²) in [5.74, 6) is -0.296. The molecular weight excluding hydrogens is 230 g/mol. The average Bonchev–Trinajstić information content (AvgIpc) is 2.27. The van der Waals surface area contributed by atoms with Crippen LogP contribution in [0.3, 0.4) is 0 Å². The number of nitrogens with zero attached hydrogens (tertiary/aromatic N) is 1.